The Morgan fingerprint density at radius 2 is 1.67 bits per heavy atom. The fourth-order valence-electron chi connectivity index (χ4n) is 2.04. The van der Waals surface area contributed by atoms with E-state index in [0.29, 0.717) is 0 Å². The minimum atomic E-state index is 1.22. The summed E-state index contributed by atoms with van der Waals surface area (Å²) in [6.45, 7) is 2.12. The van der Waals surface area contributed by atoms with Crippen LogP contribution in [0.25, 0.3) is 21.8 Å². The van der Waals surface area contributed by atoms with Crippen molar-refractivity contribution in [2.45, 2.75) is 6.92 Å². The Hall–Kier alpha value is -1.28. The Bertz CT molecular complexity index is 652. The first kappa shape index (κ1) is 8.98. The molecule has 0 aliphatic carbocycles. The van der Waals surface area contributed by atoms with Gasteiger partial charge < -0.3 is 0 Å². The van der Waals surface area contributed by atoms with E-state index in [1.54, 1.807) is 0 Å². The molecule has 0 bridgehead atoms. The first-order chi connectivity index (χ1) is 7.27. The fourth-order valence-corrected chi connectivity index (χ4v) is 2.66. The molecule has 0 saturated heterocycles. The van der Waals surface area contributed by atoms with Crippen molar-refractivity contribution in [3.05, 3.63) is 48.0 Å². The molecule has 1 heterocycles. The summed E-state index contributed by atoms with van der Waals surface area (Å²) in [6.07, 6.45) is 0. The lowest BCUT2D eigenvalue weighted by Gasteiger charge is -1.95. The summed E-state index contributed by atoms with van der Waals surface area (Å²) in [6, 6.07) is 14.9. The van der Waals surface area contributed by atoms with Crippen LogP contribution in [0.3, 0.4) is 0 Å². The van der Waals surface area contributed by atoms with E-state index in [9.17, 15) is 0 Å². The highest BCUT2D eigenvalue weighted by molar-refractivity contribution is 9.08. The van der Waals surface area contributed by atoms with Crippen molar-refractivity contribution in [2.75, 3.05) is 0 Å². The molecule has 0 atom stereocenters. The van der Waals surface area contributed by atoms with E-state index in [-0.39, 0.29) is 0 Å². The van der Waals surface area contributed by atoms with E-state index < -0.39 is 0 Å². The van der Waals surface area contributed by atoms with E-state index in [0.717, 1.165) is 0 Å². The molecule has 0 aliphatic heterocycles. The van der Waals surface area contributed by atoms with Gasteiger partial charge in [-0.2, -0.15) is 0 Å². The Morgan fingerprint density at radius 1 is 0.933 bits per heavy atom. The summed E-state index contributed by atoms with van der Waals surface area (Å²) < 4.78 is 2.07. The second-order valence-corrected chi connectivity index (χ2v) is 4.53. The summed E-state index contributed by atoms with van der Waals surface area (Å²) in [5, 5.41) is 2.61. The van der Waals surface area contributed by atoms with Crippen molar-refractivity contribution in [3.63, 3.8) is 0 Å². The quantitative estimate of drug-likeness (QED) is 0.569. The second-order valence-electron chi connectivity index (χ2n) is 3.82. The Kier molecular flexibility index (Phi) is 1.86. The van der Waals surface area contributed by atoms with Crippen molar-refractivity contribution in [1.29, 1.82) is 0 Å². The molecule has 0 radical (unpaired) electrons. The Balaban J connectivity index is 2.64. The van der Waals surface area contributed by atoms with Gasteiger partial charge in [0.1, 0.15) is 0 Å². The minimum absolute atomic E-state index is 1.22. The van der Waals surface area contributed by atoms with Gasteiger partial charge in [-0.1, -0.05) is 29.8 Å². The lowest BCUT2D eigenvalue weighted by Crippen LogP contribution is -1.77. The molecule has 0 spiro atoms. The zero-order chi connectivity index (χ0) is 10.4. The van der Waals surface area contributed by atoms with Crippen molar-refractivity contribution in [3.8, 4) is 0 Å². The number of fused-ring (bicyclic) bond motifs is 3. The predicted octanol–water partition coefficient (Wildman–Crippen LogP) is 4.26. The molecule has 74 valence electrons. The normalized spacial score (nSPS) is 11.3. The molecule has 0 fully saturated rings. The standard InChI is InChI=1S/C13H10BrN/c1-9-6-7-13-11(8-9)10-4-2-3-5-12(10)15(13)14/h2-8H,1H3. The number of para-hydroxylation sites is 1. The Labute approximate surface area is 96.7 Å². The van der Waals surface area contributed by atoms with Crippen LogP contribution in [0.4, 0.5) is 0 Å². The van der Waals surface area contributed by atoms with Gasteiger partial charge in [-0.3, -0.25) is 3.59 Å². The third kappa shape index (κ3) is 1.21. The Morgan fingerprint density at radius 3 is 2.53 bits per heavy atom. The zero-order valence-corrected chi connectivity index (χ0v) is 9.95. The SMILES string of the molecule is Cc1ccc2c(c1)c1ccccc1n2Br. The highest BCUT2D eigenvalue weighted by Crippen LogP contribution is 2.30. The lowest BCUT2D eigenvalue weighted by atomic mass is 10.1. The number of aryl methyl sites for hydroxylation is 1. The highest BCUT2D eigenvalue weighted by atomic mass is 79.9. The van der Waals surface area contributed by atoms with Crippen LogP contribution in [0.2, 0.25) is 0 Å². The monoisotopic (exact) mass is 259 g/mol. The van der Waals surface area contributed by atoms with Gasteiger partial charge in [0.2, 0.25) is 0 Å². The van der Waals surface area contributed by atoms with Gasteiger partial charge in [0.15, 0.2) is 0 Å². The van der Waals surface area contributed by atoms with Crippen molar-refractivity contribution < 1.29 is 0 Å². The molecule has 0 saturated carbocycles. The average Bonchev–Trinajstić information content (AvgIpc) is 2.54. The summed E-state index contributed by atoms with van der Waals surface area (Å²) in [5.74, 6) is 0. The third-order valence-electron chi connectivity index (χ3n) is 2.77. The van der Waals surface area contributed by atoms with Gasteiger partial charge in [-0.05, 0) is 25.1 Å². The molecule has 2 heteroatoms. The van der Waals surface area contributed by atoms with Crippen LogP contribution in [0.5, 0.6) is 0 Å². The maximum absolute atomic E-state index is 3.59. The molecule has 1 nitrogen and oxygen atoms in total. The molecule has 15 heavy (non-hydrogen) atoms. The van der Waals surface area contributed by atoms with Gasteiger partial charge in [0, 0.05) is 10.8 Å². The topological polar surface area (TPSA) is 4.93 Å². The van der Waals surface area contributed by atoms with Gasteiger partial charge in [0.05, 0.1) is 27.2 Å². The molecule has 0 unspecified atom stereocenters. The maximum Gasteiger partial charge on any atom is 0.0605 e. The molecule has 3 rings (SSSR count). The van der Waals surface area contributed by atoms with E-state index in [4.69, 9.17) is 0 Å². The first-order valence-electron chi connectivity index (χ1n) is 4.93. The van der Waals surface area contributed by atoms with E-state index in [2.05, 4.69) is 69.1 Å². The van der Waals surface area contributed by atoms with Crippen molar-refractivity contribution in [1.82, 2.24) is 3.59 Å². The van der Waals surface area contributed by atoms with Crippen LogP contribution in [0.15, 0.2) is 42.5 Å². The van der Waals surface area contributed by atoms with Crippen LogP contribution in [-0.4, -0.2) is 3.59 Å². The van der Waals surface area contributed by atoms with Gasteiger partial charge in [0.25, 0.3) is 0 Å². The van der Waals surface area contributed by atoms with Gasteiger partial charge in [-0.25, -0.2) is 0 Å². The van der Waals surface area contributed by atoms with Crippen molar-refractivity contribution in [2.24, 2.45) is 0 Å². The van der Waals surface area contributed by atoms with E-state index in [1.165, 1.54) is 27.4 Å². The number of benzene rings is 2. The van der Waals surface area contributed by atoms with Crippen LogP contribution < -0.4 is 0 Å². The maximum atomic E-state index is 3.59. The molecule has 3 aromatic rings. The molecule has 1 aromatic heterocycles. The number of hydrogen-bond acceptors (Lipinski definition) is 0. The molecular formula is C13H10BrN. The fraction of sp³-hybridized carbons (Fsp3) is 0.0769. The molecule has 2 aromatic carbocycles. The number of hydrogen-bond donors (Lipinski definition) is 0. The summed E-state index contributed by atoms with van der Waals surface area (Å²) in [7, 11) is 0. The smallest absolute Gasteiger partial charge is 0.0605 e. The molecule has 0 aliphatic rings. The minimum Gasteiger partial charge on any atom is -0.276 e. The van der Waals surface area contributed by atoms with Crippen molar-refractivity contribution >= 4 is 38.0 Å². The van der Waals surface area contributed by atoms with E-state index in [1.807, 2.05) is 0 Å². The first-order valence-corrected chi connectivity index (χ1v) is 5.64. The third-order valence-corrected chi connectivity index (χ3v) is 3.53. The number of halogens is 1. The highest BCUT2D eigenvalue weighted by Gasteiger charge is 2.07. The predicted molar refractivity (Wildman–Crippen MR) is 68.5 cm³/mol. The average molecular weight is 260 g/mol. The van der Waals surface area contributed by atoms with E-state index >= 15 is 0 Å². The largest absolute Gasteiger partial charge is 0.276 e. The molecule has 0 amide bonds. The van der Waals surface area contributed by atoms with Gasteiger partial charge in [-0.15, -0.1) is 0 Å². The van der Waals surface area contributed by atoms with Crippen LogP contribution in [-0.2, 0) is 0 Å². The lowest BCUT2D eigenvalue weighted by molar-refractivity contribution is 1.44. The number of rotatable bonds is 0. The zero-order valence-electron chi connectivity index (χ0n) is 8.37. The summed E-state index contributed by atoms with van der Waals surface area (Å²) in [4.78, 5) is 0. The second kappa shape index (κ2) is 3.11. The summed E-state index contributed by atoms with van der Waals surface area (Å²) >= 11 is 3.59. The van der Waals surface area contributed by atoms with Gasteiger partial charge >= 0.3 is 0 Å². The van der Waals surface area contributed by atoms with Crippen LogP contribution >= 0.6 is 16.1 Å². The number of nitrogens with zero attached hydrogens (tertiary/aromatic N) is 1. The van der Waals surface area contributed by atoms with Crippen LogP contribution in [0, 0.1) is 6.92 Å². The number of aromatic nitrogens is 1. The molecular weight excluding hydrogens is 250 g/mol. The summed E-state index contributed by atoms with van der Waals surface area (Å²) in [5.41, 5.74) is 3.74. The van der Waals surface area contributed by atoms with Crippen LogP contribution in [0.1, 0.15) is 5.56 Å². The molecule has 0 N–H and O–H groups in total.